The number of methoxy groups -OCH3 is 2. The first-order chi connectivity index (χ1) is 31.0. The van der Waals surface area contributed by atoms with Crippen LogP contribution in [0.4, 0.5) is 10.2 Å². The fourth-order valence-corrected chi connectivity index (χ4v) is 9.06. The van der Waals surface area contributed by atoms with Crippen molar-refractivity contribution < 1.29 is 33.0 Å². The van der Waals surface area contributed by atoms with Crippen LogP contribution in [0.5, 0.6) is 11.5 Å². The molecular formula is C48H38FN7O7S. The summed E-state index contributed by atoms with van der Waals surface area (Å²) in [4.78, 5) is 60.8. The average Bonchev–Trinajstić information content (AvgIpc) is 3.94. The molecule has 0 fully saturated rings. The van der Waals surface area contributed by atoms with Gasteiger partial charge in [0.2, 0.25) is 0 Å². The molecule has 5 heterocycles. The Bertz CT molecular complexity index is 3320. The minimum atomic E-state index is -0.683. The molecule has 0 saturated carbocycles. The molecule has 320 valence electrons. The van der Waals surface area contributed by atoms with Crippen molar-refractivity contribution >= 4 is 61.4 Å². The number of pyridine rings is 1. The van der Waals surface area contributed by atoms with Gasteiger partial charge < -0.3 is 30.2 Å². The van der Waals surface area contributed by atoms with Crippen molar-refractivity contribution in [1.29, 1.82) is 0 Å². The van der Waals surface area contributed by atoms with Crippen LogP contribution in [0.2, 0.25) is 0 Å². The van der Waals surface area contributed by atoms with E-state index in [0.29, 0.717) is 61.8 Å². The van der Waals surface area contributed by atoms with Gasteiger partial charge in [0.25, 0.3) is 17.4 Å². The van der Waals surface area contributed by atoms with Crippen LogP contribution in [0.25, 0.3) is 32.2 Å². The van der Waals surface area contributed by atoms with Gasteiger partial charge in [0.05, 0.1) is 36.9 Å². The first-order valence-electron chi connectivity index (χ1n) is 20.1. The topological polar surface area (TPSA) is 172 Å². The number of esters is 1. The smallest absolute Gasteiger partial charge is 0.307 e. The molecule has 0 unspecified atom stereocenters. The van der Waals surface area contributed by atoms with E-state index in [1.165, 1.54) is 38.6 Å². The van der Waals surface area contributed by atoms with Gasteiger partial charge in [-0.3, -0.25) is 23.7 Å². The quantitative estimate of drug-likeness (QED) is 0.102. The number of hydrogen-bond donors (Lipinski definition) is 2. The van der Waals surface area contributed by atoms with Crippen LogP contribution in [0.15, 0.2) is 108 Å². The predicted molar refractivity (Wildman–Crippen MR) is 239 cm³/mol. The van der Waals surface area contributed by atoms with Gasteiger partial charge in [0.15, 0.2) is 23.0 Å². The maximum Gasteiger partial charge on any atom is 0.307 e. The Morgan fingerprint density at radius 3 is 2.56 bits per heavy atom. The summed E-state index contributed by atoms with van der Waals surface area (Å²) in [5, 5.41) is 8.99. The summed E-state index contributed by atoms with van der Waals surface area (Å²) in [5.74, 6) is 5.45. The number of hydrogen-bond acceptors (Lipinski definition) is 11. The van der Waals surface area contributed by atoms with Gasteiger partial charge in [-0.05, 0) is 66.9 Å². The number of benzene rings is 4. The van der Waals surface area contributed by atoms with E-state index in [4.69, 9.17) is 19.9 Å². The van der Waals surface area contributed by atoms with Crippen LogP contribution < -0.4 is 26.1 Å². The minimum absolute atomic E-state index is 0.0169. The van der Waals surface area contributed by atoms with Gasteiger partial charge in [-0.25, -0.2) is 13.9 Å². The molecule has 16 heteroatoms. The lowest BCUT2D eigenvalue weighted by Gasteiger charge is -2.21. The maximum atomic E-state index is 15.0. The van der Waals surface area contributed by atoms with E-state index in [0.717, 1.165) is 15.6 Å². The van der Waals surface area contributed by atoms with Crippen molar-refractivity contribution in [2.45, 2.75) is 32.5 Å². The monoisotopic (exact) mass is 875 g/mol. The van der Waals surface area contributed by atoms with E-state index in [9.17, 15) is 19.2 Å². The number of nitrogen functional groups attached to an aromatic ring is 1. The molecular weight excluding hydrogens is 838 g/mol. The van der Waals surface area contributed by atoms with Gasteiger partial charge in [-0.1, -0.05) is 42.2 Å². The van der Waals surface area contributed by atoms with Crippen LogP contribution in [0.3, 0.4) is 0 Å². The molecule has 0 spiro atoms. The number of amides is 2. The molecule has 1 aliphatic rings. The number of anilines is 1. The average molecular weight is 876 g/mol. The molecule has 4 aromatic heterocycles. The highest BCUT2D eigenvalue weighted by Crippen LogP contribution is 2.42. The zero-order valence-corrected chi connectivity index (χ0v) is 35.5. The molecule has 14 nitrogen and oxygen atoms in total. The number of nitrogens with zero attached hydrogens (tertiary/aromatic N) is 5. The second-order valence-corrected chi connectivity index (χ2v) is 16.0. The summed E-state index contributed by atoms with van der Waals surface area (Å²) in [7, 11) is 3.11. The van der Waals surface area contributed by atoms with Crippen molar-refractivity contribution in [1.82, 2.24) is 29.4 Å². The van der Waals surface area contributed by atoms with E-state index in [1.54, 1.807) is 74.8 Å². The third-order valence-corrected chi connectivity index (χ3v) is 12.2. The molecule has 0 bridgehead atoms. The zero-order chi connectivity index (χ0) is 44.6. The van der Waals surface area contributed by atoms with Crippen molar-refractivity contribution in [3.8, 4) is 29.0 Å². The Morgan fingerprint density at radius 1 is 0.969 bits per heavy atom. The highest BCUT2D eigenvalue weighted by molar-refractivity contribution is 7.21. The molecule has 0 radical (unpaired) electrons. The number of thiophene rings is 1. The van der Waals surface area contributed by atoms with Crippen LogP contribution >= 0.6 is 11.3 Å². The van der Waals surface area contributed by atoms with Gasteiger partial charge in [-0.2, -0.15) is 0 Å². The lowest BCUT2D eigenvalue weighted by atomic mass is 10.0. The summed E-state index contributed by atoms with van der Waals surface area (Å²) in [6.07, 6.45) is 3.10. The number of fused-ring (bicyclic) bond motifs is 5. The van der Waals surface area contributed by atoms with Crippen molar-refractivity contribution in [2.24, 2.45) is 0 Å². The van der Waals surface area contributed by atoms with Crippen molar-refractivity contribution in [3.63, 3.8) is 0 Å². The Kier molecular flexibility index (Phi) is 11.0. The molecule has 1 atom stereocenters. The van der Waals surface area contributed by atoms with Crippen LogP contribution in [-0.4, -0.2) is 62.6 Å². The van der Waals surface area contributed by atoms with Gasteiger partial charge in [0, 0.05) is 75.3 Å². The third kappa shape index (κ3) is 7.62. The number of nitrogens with one attached hydrogen (secondary N) is 1. The molecule has 8 aromatic rings. The molecule has 2 amide bonds. The predicted octanol–water partition coefficient (Wildman–Crippen LogP) is 6.97. The summed E-state index contributed by atoms with van der Waals surface area (Å²) in [6.45, 7) is 1.89. The van der Waals surface area contributed by atoms with E-state index >= 15 is 4.39 Å². The normalized spacial score (nSPS) is 12.6. The molecule has 0 aliphatic carbocycles. The largest absolute Gasteiger partial charge is 0.493 e. The zero-order valence-electron chi connectivity index (χ0n) is 34.7. The highest BCUT2D eigenvalue weighted by Gasteiger charge is 2.32. The van der Waals surface area contributed by atoms with Crippen molar-refractivity contribution in [3.05, 3.63) is 158 Å². The summed E-state index contributed by atoms with van der Waals surface area (Å²) >= 11 is 1.37. The van der Waals surface area contributed by atoms with Crippen molar-refractivity contribution in [2.75, 3.05) is 26.5 Å². The lowest BCUT2D eigenvalue weighted by Crippen LogP contribution is -2.32. The molecule has 0 saturated heterocycles. The number of halogens is 1. The number of carbonyl (C=O) groups excluding carboxylic acids is 3. The summed E-state index contributed by atoms with van der Waals surface area (Å²) < 4.78 is 35.2. The van der Waals surface area contributed by atoms with Gasteiger partial charge >= 0.3 is 5.97 Å². The van der Waals surface area contributed by atoms with E-state index in [1.807, 2.05) is 36.4 Å². The second-order valence-electron chi connectivity index (χ2n) is 15.0. The molecule has 3 N–H and O–H groups in total. The molecule has 64 heavy (non-hydrogen) atoms. The lowest BCUT2D eigenvalue weighted by molar-refractivity contribution is -0.145. The number of rotatable bonds is 11. The Balaban J connectivity index is 0.918. The Labute approximate surface area is 368 Å². The van der Waals surface area contributed by atoms with Crippen LogP contribution in [-0.2, 0) is 22.7 Å². The third-order valence-electron chi connectivity index (χ3n) is 11.0. The van der Waals surface area contributed by atoms with E-state index in [2.05, 4.69) is 27.2 Å². The SMILES string of the molecule is COc1cc2sc3c(c2cc1OC)CN(CCC(=O)OCc1cc(C#Cc2cccc4cc([C@H](C)NC(=O)c5c(N)nn6cccnc56)n(-c5ccccc5)c(=O)c24)ccc1F)C3=O. The first-order valence-corrected chi connectivity index (χ1v) is 20.9. The molecule has 1 aliphatic heterocycles. The maximum absolute atomic E-state index is 15.0. The number of aromatic nitrogens is 4. The minimum Gasteiger partial charge on any atom is -0.493 e. The fraction of sp³-hybridized carbons (Fsp3) is 0.167. The fourth-order valence-electron chi connectivity index (χ4n) is 7.86. The standard InChI is InChI=1S/C48H38FN7O7S/c1-27(52-46(58)42-44(50)53-55-19-8-18-51-45(42)55)36-22-30-10-7-9-29(41(30)47(59)56(36)32-11-5-4-6-12-32)15-13-28-14-16-35(49)31(21-28)26-63-40(57)17-20-54-25-34-33-23-37(61-2)38(62-3)24-39(33)64-43(34)48(54)60/h4-12,14,16,18-19,21-24,27H,17,20,25-26H2,1-3H3,(H2,50,53)(H,52,58)/t27-/m0/s1. The summed E-state index contributed by atoms with van der Waals surface area (Å²) in [6, 6.07) is 25.1. The van der Waals surface area contributed by atoms with E-state index in [-0.39, 0.29) is 48.0 Å². The number of carbonyl (C=O) groups is 3. The molecule has 4 aromatic carbocycles. The Morgan fingerprint density at radius 2 is 1.77 bits per heavy atom. The number of ether oxygens (including phenoxy) is 3. The first kappa shape index (κ1) is 41.3. The number of nitrogens with two attached hydrogens (primary N) is 1. The highest BCUT2D eigenvalue weighted by atomic mass is 32.1. The summed E-state index contributed by atoms with van der Waals surface area (Å²) in [5.41, 5.74) is 9.09. The Hall–Kier alpha value is -8.03. The van der Waals surface area contributed by atoms with Crippen LogP contribution in [0.1, 0.15) is 67.4 Å². The molecule has 9 rings (SSSR count). The van der Waals surface area contributed by atoms with E-state index < -0.39 is 23.7 Å². The second kappa shape index (κ2) is 17.0. The van der Waals surface area contributed by atoms with Crippen LogP contribution in [0, 0.1) is 17.7 Å². The van der Waals surface area contributed by atoms with Gasteiger partial charge in [-0.15, -0.1) is 16.4 Å². The number of para-hydroxylation sites is 1. The van der Waals surface area contributed by atoms with Gasteiger partial charge in [0.1, 0.15) is 18.0 Å².